The van der Waals surface area contributed by atoms with Crippen molar-refractivity contribution in [2.75, 3.05) is 0 Å². The molecule has 4 heteroatoms. The molecule has 0 aliphatic carbocycles. The third-order valence-electron chi connectivity index (χ3n) is 2.14. The Bertz CT molecular complexity index is 370. The lowest BCUT2D eigenvalue weighted by Gasteiger charge is -2.25. The average molecular weight is 236 g/mol. The minimum Gasteiger partial charge on any atom is -0.340 e. The molecule has 1 radical (unpaired) electrons. The Balaban J connectivity index is 2.75. The van der Waals surface area contributed by atoms with Crippen LogP contribution in [-0.4, -0.2) is 23.0 Å². The molecule has 0 aliphatic rings. The highest BCUT2D eigenvalue weighted by Crippen LogP contribution is 2.16. The number of benzene rings is 1. The number of amides is 1. The van der Waals surface area contributed by atoms with E-state index in [1.54, 1.807) is 44.4 Å². The van der Waals surface area contributed by atoms with Crippen molar-refractivity contribution >= 4 is 24.8 Å². The van der Waals surface area contributed by atoms with Gasteiger partial charge in [0.25, 0.3) is 5.91 Å². The molecule has 1 aromatic carbocycles. The second-order valence-electron chi connectivity index (χ2n) is 4.04. The van der Waals surface area contributed by atoms with Gasteiger partial charge in [0.1, 0.15) is 6.04 Å². The smallest absolute Gasteiger partial charge is 0.251 e. The molecule has 0 aromatic heterocycles. The standard InChI is InChI=1S/C12H14NO2S/c1-12(2,16)10(8-14)13-11(15)9-6-4-3-5-7-9/h3-7,10,16H,1-2H3,(H,13,15)/t10-/m1/s1. The molecule has 0 fully saturated rings. The van der Waals surface area contributed by atoms with Crippen LogP contribution in [0.2, 0.25) is 0 Å². The molecule has 1 rings (SSSR count). The fourth-order valence-electron chi connectivity index (χ4n) is 1.15. The molecule has 1 aromatic rings. The monoisotopic (exact) mass is 236 g/mol. The number of carbonyl (C=O) groups excluding carboxylic acids is 2. The summed E-state index contributed by atoms with van der Waals surface area (Å²) < 4.78 is -0.633. The van der Waals surface area contributed by atoms with Crippen LogP contribution in [0.4, 0.5) is 0 Å². The third-order valence-corrected chi connectivity index (χ3v) is 2.39. The maximum absolute atomic E-state index is 11.7. The molecular formula is C12H14NO2S. The molecule has 0 aliphatic heterocycles. The van der Waals surface area contributed by atoms with Gasteiger partial charge in [0.05, 0.1) is 0 Å². The maximum Gasteiger partial charge on any atom is 0.251 e. The van der Waals surface area contributed by atoms with Crippen molar-refractivity contribution in [3.8, 4) is 0 Å². The zero-order chi connectivity index (χ0) is 12.2. The first kappa shape index (κ1) is 12.8. The van der Waals surface area contributed by atoms with E-state index in [1.165, 1.54) is 0 Å². The van der Waals surface area contributed by atoms with Crippen molar-refractivity contribution in [3.05, 3.63) is 35.9 Å². The molecule has 3 nitrogen and oxygen atoms in total. The quantitative estimate of drug-likeness (QED) is 0.780. The SMILES string of the molecule is CC(C)(S)[C@@H]([C]=O)NC(=O)c1ccccc1. The van der Waals surface area contributed by atoms with Crippen LogP contribution in [-0.2, 0) is 4.79 Å². The van der Waals surface area contributed by atoms with Gasteiger partial charge in [0.15, 0.2) is 0 Å². The number of hydrogen-bond donors (Lipinski definition) is 2. The van der Waals surface area contributed by atoms with Crippen LogP contribution in [0.25, 0.3) is 0 Å². The van der Waals surface area contributed by atoms with Crippen molar-refractivity contribution in [1.29, 1.82) is 0 Å². The van der Waals surface area contributed by atoms with Gasteiger partial charge in [-0.25, -0.2) is 0 Å². The zero-order valence-corrected chi connectivity index (χ0v) is 10.1. The summed E-state index contributed by atoms with van der Waals surface area (Å²) in [4.78, 5) is 22.5. The molecule has 0 heterocycles. The van der Waals surface area contributed by atoms with Crippen molar-refractivity contribution < 1.29 is 9.59 Å². The molecule has 1 amide bonds. The lowest BCUT2D eigenvalue weighted by atomic mass is 10.0. The summed E-state index contributed by atoms with van der Waals surface area (Å²) >= 11 is 4.24. The summed E-state index contributed by atoms with van der Waals surface area (Å²) in [7, 11) is 0. The predicted molar refractivity (Wildman–Crippen MR) is 66.5 cm³/mol. The largest absolute Gasteiger partial charge is 0.340 e. The zero-order valence-electron chi connectivity index (χ0n) is 9.23. The molecule has 1 N–H and O–H groups in total. The highest BCUT2D eigenvalue weighted by molar-refractivity contribution is 7.81. The fourth-order valence-corrected chi connectivity index (χ4v) is 1.27. The Kier molecular flexibility index (Phi) is 4.12. The summed E-state index contributed by atoms with van der Waals surface area (Å²) in [6, 6.07) is 7.98. The van der Waals surface area contributed by atoms with Gasteiger partial charge in [-0.05, 0) is 26.0 Å². The van der Waals surface area contributed by atoms with Crippen molar-refractivity contribution in [1.82, 2.24) is 5.32 Å². The molecule has 16 heavy (non-hydrogen) atoms. The minimum atomic E-state index is -0.733. The normalized spacial score (nSPS) is 12.9. The van der Waals surface area contributed by atoms with Gasteiger partial charge in [-0.3, -0.25) is 9.59 Å². The molecule has 0 saturated heterocycles. The summed E-state index contributed by atoms with van der Waals surface area (Å²) in [6.07, 6.45) is 1.78. The van der Waals surface area contributed by atoms with Crippen LogP contribution >= 0.6 is 12.6 Å². The summed E-state index contributed by atoms with van der Waals surface area (Å²) in [5.74, 6) is -0.295. The Morgan fingerprint density at radius 2 is 1.94 bits per heavy atom. The van der Waals surface area contributed by atoms with E-state index in [-0.39, 0.29) is 5.91 Å². The Morgan fingerprint density at radius 1 is 1.38 bits per heavy atom. The summed E-state index contributed by atoms with van der Waals surface area (Å²) in [5.41, 5.74) is 0.514. The van der Waals surface area contributed by atoms with Crippen LogP contribution in [0.1, 0.15) is 24.2 Å². The van der Waals surface area contributed by atoms with E-state index >= 15 is 0 Å². The van der Waals surface area contributed by atoms with Gasteiger partial charge in [0.2, 0.25) is 6.29 Å². The first-order valence-electron chi connectivity index (χ1n) is 4.91. The number of rotatable bonds is 4. The van der Waals surface area contributed by atoms with Gasteiger partial charge in [-0.2, -0.15) is 12.6 Å². The predicted octanol–water partition coefficient (Wildman–Crippen LogP) is 1.60. The second kappa shape index (κ2) is 5.16. The molecule has 0 saturated carbocycles. The van der Waals surface area contributed by atoms with Crippen molar-refractivity contribution in [2.24, 2.45) is 0 Å². The van der Waals surface area contributed by atoms with Crippen molar-refractivity contribution in [3.63, 3.8) is 0 Å². The highest BCUT2D eigenvalue weighted by atomic mass is 32.1. The summed E-state index contributed by atoms with van der Waals surface area (Å²) in [6.45, 7) is 3.49. The topological polar surface area (TPSA) is 46.2 Å². The Labute approximate surface area is 101 Å². The Morgan fingerprint density at radius 3 is 2.38 bits per heavy atom. The second-order valence-corrected chi connectivity index (χ2v) is 5.20. The number of thiol groups is 1. The van der Waals surface area contributed by atoms with Crippen molar-refractivity contribution in [2.45, 2.75) is 24.6 Å². The van der Waals surface area contributed by atoms with Gasteiger partial charge in [-0.15, -0.1) is 0 Å². The minimum absolute atomic E-state index is 0.295. The van der Waals surface area contributed by atoms with E-state index in [0.29, 0.717) is 5.56 Å². The molecule has 0 unspecified atom stereocenters. The van der Waals surface area contributed by atoms with Gasteiger partial charge < -0.3 is 5.32 Å². The van der Waals surface area contributed by atoms with Crippen LogP contribution in [0.15, 0.2) is 30.3 Å². The first-order chi connectivity index (χ1) is 7.45. The van der Waals surface area contributed by atoms with Crippen LogP contribution in [0.5, 0.6) is 0 Å². The van der Waals surface area contributed by atoms with Gasteiger partial charge in [-0.1, -0.05) is 18.2 Å². The number of hydrogen-bond acceptors (Lipinski definition) is 3. The lowest BCUT2D eigenvalue weighted by molar-refractivity contribution is 0.0941. The third kappa shape index (κ3) is 3.38. The van der Waals surface area contributed by atoms with E-state index in [1.807, 2.05) is 6.07 Å². The van der Waals surface area contributed by atoms with Crippen LogP contribution < -0.4 is 5.32 Å². The highest BCUT2D eigenvalue weighted by Gasteiger charge is 2.27. The number of nitrogens with one attached hydrogen (secondary N) is 1. The lowest BCUT2D eigenvalue weighted by Crippen LogP contribution is -2.47. The molecule has 1 atom stereocenters. The number of carbonyl (C=O) groups is 1. The van der Waals surface area contributed by atoms with Crippen LogP contribution in [0.3, 0.4) is 0 Å². The fraction of sp³-hybridized carbons (Fsp3) is 0.333. The molecule has 85 valence electrons. The van der Waals surface area contributed by atoms with Gasteiger partial charge in [0, 0.05) is 10.3 Å². The maximum atomic E-state index is 11.7. The van der Waals surface area contributed by atoms with Crippen LogP contribution in [0, 0.1) is 0 Å². The molecule has 0 spiro atoms. The van der Waals surface area contributed by atoms with E-state index in [0.717, 1.165) is 0 Å². The molecule has 0 bridgehead atoms. The van der Waals surface area contributed by atoms with E-state index < -0.39 is 10.8 Å². The van der Waals surface area contributed by atoms with E-state index in [9.17, 15) is 9.59 Å². The van der Waals surface area contributed by atoms with E-state index in [4.69, 9.17) is 0 Å². The summed E-state index contributed by atoms with van der Waals surface area (Å²) in [5, 5.41) is 2.58. The first-order valence-corrected chi connectivity index (χ1v) is 5.36. The molecular weight excluding hydrogens is 222 g/mol. The van der Waals surface area contributed by atoms with E-state index in [2.05, 4.69) is 17.9 Å². The van der Waals surface area contributed by atoms with Gasteiger partial charge >= 0.3 is 0 Å². The Hall–Kier alpha value is -1.29. The average Bonchev–Trinajstić information content (AvgIpc) is 2.25.